The Kier molecular flexibility index (Phi) is 10.1. The maximum atomic E-state index is 13.9. The van der Waals surface area contributed by atoms with Crippen LogP contribution in [0.3, 0.4) is 0 Å². The highest BCUT2D eigenvalue weighted by molar-refractivity contribution is 5.83. The van der Waals surface area contributed by atoms with E-state index in [1.807, 2.05) is 36.4 Å². The van der Waals surface area contributed by atoms with Gasteiger partial charge < -0.3 is 19.8 Å². The largest absolute Gasteiger partial charge is 0.497 e. The van der Waals surface area contributed by atoms with Gasteiger partial charge in [0.2, 0.25) is 0 Å². The monoisotopic (exact) mass is 522 g/mol. The number of pyridine rings is 1. The molecule has 1 saturated heterocycles. The van der Waals surface area contributed by atoms with E-state index < -0.39 is 12.1 Å². The van der Waals surface area contributed by atoms with Crippen molar-refractivity contribution in [2.24, 2.45) is 11.8 Å². The quantitative estimate of drug-likeness (QED) is 0.267. The number of piperidine rings is 1. The highest BCUT2D eigenvalue weighted by Gasteiger charge is 2.30. The van der Waals surface area contributed by atoms with Crippen molar-refractivity contribution >= 4 is 16.9 Å². The number of fused-ring (bicyclic) bond motifs is 1. The topological polar surface area (TPSA) is 82.9 Å². The van der Waals surface area contributed by atoms with Gasteiger partial charge in [-0.2, -0.15) is 0 Å². The van der Waals surface area contributed by atoms with Gasteiger partial charge in [0.05, 0.1) is 18.7 Å². The minimum atomic E-state index is -0.761. The Morgan fingerprint density at radius 2 is 2.00 bits per heavy atom. The van der Waals surface area contributed by atoms with E-state index >= 15 is 0 Å². The molecule has 1 fully saturated rings. The van der Waals surface area contributed by atoms with Gasteiger partial charge in [0.15, 0.2) is 0 Å². The lowest BCUT2D eigenvalue weighted by Gasteiger charge is -2.39. The number of carbonyl (C=O) groups is 1. The normalized spacial score (nSPS) is 18.9. The number of hydrogen-bond acceptors (Lipinski definition) is 5. The molecule has 204 valence electrons. The van der Waals surface area contributed by atoms with Crippen molar-refractivity contribution in [2.75, 3.05) is 26.7 Å². The van der Waals surface area contributed by atoms with Crippen LogP contribution in [0.25, 0.3) is 10.9 Å². The molecule has 2 heterocycles. The molecule has 2 unspecified atom stereocenters. The Morgan fingerprint density at radius 3 is 2.79 bits per heavy atom. The van der Waals surface area contributed by atoms with E-state index in [0.717, 1.165) is 79.5 Å². The zero-order valence-corrected chi connectivity index (χ0v) is 22.2. The maximum Gasteiger partial charge on any atom is 0.303 e. The van der Waals surface area contributed by atoms with Gasteiger partial charge in [-0.05, 0) is 111 Å². The molecule has 6 nitrogen and oxygen atoms in total. The highest BCUT2D eigenvalue weighted by atomic mass is 19.1. The third-order valence-corrected chi connectivity index (χ3v) is 7.99. The summed E-state index contributed by atoms with van der Waals surface area (Å²) in [7, 11) is 1.63. The standard InChI is InChI=1S/C31H39FN2O4/c1-38-25-11-12-29-27(20-25)26(15-17-33-29)30(35)13-9-22-16-19-34(21-24(22)10-14-31(36)37)18-5-4-7-23-6-2-3-8-28(23)32/h2-3,6,8,11-12,15,17,20,22,24,30,35H,4-5,7,9-10,13-14,16,18-19,21H2,1H3,(H,36,37)/t22?,24?,30-/m0/s1. The molecule has 1 aromatic heterocycles. The number of aliphatic carboxylic acids is 1. The summed E-state index contributed by atoms with van der Waals surface area (Å²) in [6, 6.07) is 14.5. The van der Waals surface area contributed by atoms with E-state index in [4.69, 9.17) is 4.74 Å². The number of rotatable bonds is 13. The molecule has 0 saturated carbocycles. The number of carboxylic acid groups (broad SMARTS) is 1. The van der Waals surface area contributed by atoms with Crippen molar-refractivity contribution in [3.8, 4) is 5.75 Å². The molecule has 0 radical (unpaired) electrons. The van der Waals surface area contributed by atoms with Crippen LogP contribution in [0.4, 0.5) is 4.39 Å². The van der Waals surface area contributed by atoms with E-state index in [2.05, 4.69) is 9.88 Å². The lowest BCUT2D eigenvalue weighted by atomic mass is 9.79. The number of methoxy groups -OCH3 is 1. The van der Waals surface area contributed by atoms with Crippen molar-refractivity contribution in [3.63, 3.8) is 0 Å². The van der Waals surface area contributed by atoms with Crippen LogP contribution in [-0.4, -0.2) is 52.8 Å². The predicted octanol–water partition coefficient (Wildman–Crippen LogP) is 6.02. The number of likely N-dealkylation sites (tertiary alicyclic amines) is 1. The van der Waals surface area contributed by atoms with Gasteiger partial charge in [-0.3, -0.25) is 9.78 Å². The van der Waals surface area contributed by atoms with E-state index in [9.17, 15) is 19.4 Å². The molecular weight excluding hydrogens is 483 g/mol. The fraction of sp³-hybridized carbons (Fsp3) is 0.484. The number of aliphatic hydroxyl groups excluding tert-OH is 1. The van der Waals surface area contributed by atoms with Gasteiger partial charge in [-0.15, -0.1) is 0 Å². The van der Waals surface area contributed by atoms with Crippen LogP contribution in [0.15, 0.2) is 54.7 Å². The average molecular weight is 523 g/mol. The van der Waals surface area contributed by atoms with Crippen molar-refractivity contribution in [1.29, 1.82) is 0 Å². The molecule has 2 aromatic carbocycles. The number of halogens is 1. The number of carboxylic acids is 1. The fourth-order valence-corrected chi connectivity index (χ4v) is 5.82. The summed E-state index contributed by atoms with van der Waals surface area (Å²) in [5, 5.41) is 21.3. The number of nitrogens with zero attached hydrogens (tertiary/aromatic N) is 2. The average Bonchev–Trinajstić information content (AvgIpc) is 2.93. The highest BCUT2D eigenvalue weighted by Crippen LogP contribution is 2.35. The molecule has 0 bridgehead atoms. The minimum absolute atomic E-state index is 0.136. The minimum Gasteiger partial charge on any atom is -0.497 e. The molecule has 0 aliphatic carbocycles. The molecule has 1 aliphatic heterocycles. The summed E-state index contributed by atoms with van der Waals surface area (Å²) in [6.45, 7) is 2.79. The molecule has 1 aliphatic rings. The molecule has 3 atom stereocenters. The number of aromatic nitrogens is 1. The number of aryl methyl sites for hydroxylation is 1. The Morgan fingerprint density at radius 1 is 1.16 bits per heavy atom. The Bertz CT molecular complexity index is 1200. The summed E-state index contributed by atoms with van der Waals surface area (Å²) >= 11 is 0. The number of unbranched alkanes of at least 4 members (excludes halogenated alkanes) is 1. The molecule has 4 rings (SSSR count). The van der Waals surface area contributed by atoms with Gasteiger partial charge in [-0.1, -0.05) is 18.2 Å². The fourth-order valence-electron chi connectivity index (χ4n) is 5.82. The Labute approximate surface area is 224 Å². The Balaban J connectivity index is 1.32. The maximum absolute atomic E-state index is 13.9. The van der Waals surface area contributed by atoms with Crippen molar-refractivity contribution in [3.05, 3.63) is 71.7 Å². The first kappa shape index (κ1) is 28.0. The van der Waals surface area contributed by atoms with Crippen LogP contribution >= 0.6 is 0 Å². The lowest BCUT2D eigenvalue weighted by molar-refractivity contribution is -0.137. The molecule has 0 amide bonds. The van der Waals surface area contributed by atoms with Crippen molar-refractivity contribution in [1.82, 2.24) is 9.88 Å². The summed E-state index contributed by atoms with van der Waals surface area (Å²) < 4.78 is 19.2. The van der Waals surface area contributed by atoms with Crippen LogP contribution in [-0.2, 0) is 11.2 Å². The number of ether oxygens (including phenoxy) is 1. The van der Waals surface area contributed by atoms with Crippen LogP contribution in [0.1, 0.15) is 62.2 Å². The number of benzene rings is 2. The molecule has 3 aromatic rings. The molecule has 0 spiro atoms. The second-order valence-corrected chi connectivity index (χ2v) is 10.5. The summed E-state index contributed by atoms with van der Waals surface area (Å²) in [6.07, 6.45) is 7.04. The SMILES string of the molecule is COc1ccc2nccc([C@@H](O)CCC3CCN(CCCCc4ccccc4F)CC3CCC(=O)O)c2c1. The number of aliphatic hydroxyl groups is 1. The Hall–Kier alpha value is -3.03. The first-order valence-electron chi connectivity index (χ1n) is 13.7. The summed E-state index contributed by atoms with van der Waals surface area (Å²) in [5.41, 5.74) is 2.44. The van der Waals surface area contributed by atoms with Gasteiger partial charge in [0, 0.05) is 24.5 Å². The van der Waals surface area contributed by atoms with E-state index in [1.54, 1.807) is 19.4 Å². The lowest BCUT2D eigenvalue weighted by Crippen LogP contribution is -2.41. The van der Waals surface area contributed by atoms with Crippen LogP contribution in [0.2, 0.25) is 0 Å². The summed E-state index contributed by atoms with van der Waals surface area (Å²) in [5.74, 6) is 0.495. The second kappa shape index (κ2) is 13.7. The zero-order chi connectivity index (χ0) is 26.9. The van der Waals surface area contributed by atoms with Crippen molar-refractivity contribution < 1.29 is 24.1 Å². The third-order valence-electron chi connectivity index (χ3n) is 7.99. The van der Waals surface area contributed by atoms with Crippen molar-refractivity contribution in [2.45, 2.75) is 57.5 Å². The first-order valence-corrected chi connectivity index (χ1v) is 13.7. The zero-order valence-electron chi connectivity index (χ0n) is 22.2. The van der Waals surface area contributed by atoms with Crippen LogP contribution in [0.5, 0.6) is 5.75 Å². The molecule has 2 N–H and O–H groups in total. The van der Waals surface area contributed by atoms with Gasteiger partial charge >= 0.3 is 5.97 Å². The first-order chi connectivity index (χ1) is 18.4. The molecular formula is C31H39FN2O4. The van der Waals surface area contributed by atoms with Gasteiger partial charge in [0.25, 0.3) is 0 Å². The van der Waals surface area contributed by atoms with E-state index in [1.165, 1.54) is 6.07 Å². The smallest absolute Gasteiger partial charge is 0.303 e. The van der Waals surface area contributed by atoms with E-state index in [-0.39, 0.29) is 18.2 Å². The van der Waals surface area contributed by atoms with Gasteiger partial charge in [0.1, 0.15) is 11.6 Å². The van der Waals surface area contributed by atoms with Crippen LogP contribution < -0.4 is 4.74 Å². The van der Waals surface area contributed by atoms with Gasteiger partial charge in [-0.25, -0.2) is 4.39 Å². The molecule has 7 heteroatoms. The second-order valence-electron chi connectivity index (χ2n) is 10.5. The van der Waals surface area contributed by atoms with E-state index in [0.29, 0.717) is 18.8 Å². The summed E-state index contributed by atoms with van der Waals surface area (Å²) in [4.78, 5) is 18.2. The molecule has 38 heavy (non-hydrogen) atoms. The van der Waals surface area contributed by atoms with Crippen LogP contribution in [0, 0.1) is 17.7 Å². The number of hydrogen-bond donors (Lipinski definition) is 2. The third kappa shape index (κ3) is 7.51. The predicted molar refractivity (Wildman–Crippen MR) is 147 cm³/mol.